The third-order valence-corrected chi connectivity index (χ3v) is 3.47. The van der Waals surface area contributed by atoms with Gasteiger partial charge in [0.05, 0.1) is 19.5 Å². The summed E-state index contributed by atoms with van der Waals surface area (Å²) in [6.07, 6.45) is 4.14. The quantitative estimate of drug-likeness (QED) is 0.799. The van der Waals surface area contributed by atoms with Crippen LogP contribution in [0.3, 0.4) is 0 Å². The Morgan fingerprint density at radius 3 is 3.19 bits per heavy atom. The average Bonchev–Trinajstić information content (AvgIpc) is 2.81. The molecule has 1 unspecified atom stereocenters. The van der Waals surface area contributed by atoms with Gasteiger partial charge in [0, 0.05) is 11.8 Å². The lowest BCUT2D eigenvalue weighted by atomic mass is 10.3. The smallest absolute Gasteiger partial charge is 0.358 e. The number of carbonyl (C=O) groups excluding carboxylic acids is 1. The van der Waals surface area contributed by atoms with Gasteiger partial charge in [-0.05, 0) is 12.2 Å². The van der Waals surface area contributed by atoms with Gasteiger partial charge < -0.3 is 10.1 Å². The Bertz CT molecular complexity index is 380. The molecule has 2 heterocycles. The van der Waals surface area contributed by atoms with E-state index in [2.05, 4.69) is 20.0 Å². The zero-order chi connectivity index (χ0) is 11.4. The zero-order valence-corrected chi connectivity index (χ0v) is 9.79. The third-order valence-electron chi connectivity index (χ3n) is 2.31. The van der Waals surface area contributed by atoms with E-state index in [9.17, 15) is 4.79 Å². The van der Waals surface area contributed by atoms with Crippen LogP contribution >= 0.6 is 11.8 Å². The molecule has 0 amide bonds. The highest BCUT2D eigenvalue weighted by Crippen LogP contribution is 2.20. The van der Waals surface area contributed by atoms with Crippen LogP contribution in [0.25, 0.3) is 0 Å². The van der Waals surface area contributed by atoms with Gasteiger partial charge in [0.2, 0.25) is 0 Å². The number of rotatable bonds is 3. The summed E-state index contributed by atoms with van der Waals surface area (Å²) in [5.74, 6) is 2.42. The topological polar surface area (TPSA) is 64.1 Å². The minimum atomic E-state index is -0.461. The van der Waals surface area contributed by atoms with E-state index in [1.807, 2.05) is 11.8 Å². The van der Waals surface area contributed by atoms with Crippen LogP contribution in [-0.2, 0) is 4.74 Å². The van der Waals surface area contributed by atoms with Crippen molar-refractivity contribution < 1.29 is 9.53 Å². The lowest BCUT2D eigenvalue weighted by Crippen LogP contribution is -2.20. The van der Waals surface area contributed by atoms with Crippen LogP contribution in [0.2, 0.25) is 0 Å². The minimum Gasteiger partial charge on any atom is -0.464 e. The van der Waals surface area contributed by atoms with Crippen LogP contribution in [0.4, 0.5) is 5.82 Å². The number of hydrogen-bond donors (Lipinski definition) is 1. The number of carbonyl (C=O) groups is 1. The van der Waals surface area contributed by atoms with Gasteiger partial charge in [-0.15, -0.1) is 0 Å². The molecule has 16 heavy (non-hydrogen) atoms. The Kier molecular flexibility index (Phi) is 3.61. The highest BCUT2D eigenvalue weighted by atomic mass is 32.2. The summed E-state index contributed by atoms with van der Waals surface area (Å²) in [5, 5.41) is 3.26. The van der Waals surface area contributed by atoms with Crippen molar-refractivity contribution in [1.29, 1.82) is 0 Å². The summed E-state index contributed by atoms with van der Waals surface area (Å²) in [7, 11) is 1.33. The molecular formula is C10H13N3O2S. The standard InChI is InChI=1S/C10H13N3O2S/c1-15-10(14)8-4-11-5-9(13-8)12-7-2-3-16-6-7/h4-5,7H,2-3,6H2,1H3,(H,12,13). The number of ether oxygens (including phenoxy) is 1. The molecule has 1 aromatic rings. The number of thioether (sulfide) groups is 1. The Morgan fingerprint density at radius 1 is 1.62 bits per heavy atom. The fourth-order valence-corrected chi connectivity index (χ4v) is 2.65. The molecule has 6 heteroatoms. The van der Waals surface area contributed by atoms with Crippen molar-refractivity contribution in [1.82, 2.24) is 9.97 Å². The van der Waals surface area contributed by atoms with Gasteiger partial charge >= 0.3 is 5.97 Å². The molecule has 1 N–H and O–H groups in total. The van der Waals surface area contributed by atoms with E-state index >= 15 is 0 Å². The molecule has 2 rings (SSSR count). The number of anilines is 1. The van der Waals surface area contributed by atoms with Crippen LogP contribution in [0.5, 0.6) is 0 Å². The molecule has 1 saturated heterocycles. The molecule has 1 aromatic heterocycles. The van der Waals surface area contributed by atoms with Crippen molar-refractivity contribution in [3.63, 3.8) is 0 Å². The molecule has 1 atom stereocenters. The predicted molar refractivity (Wildman–Crippen MR) is 62.7 cm³/mol. The number of nitrogens with one attached hydrogen (secondary N) is 1. The van der Waals surface area contributed by atoms with E-state index in [0.717, 1.165) is 12.2 Å². The largest absolute Gasteiger partial charge is 0.464 e. The number of esters is 1. The van der Waals surface area contributed by atoms with Crippen molar-refractivity contribution in [3.8, 4) is 0 Å². The summed E-state index contributed by atoms with van der Waals surface area (Å²) >= 11 is 1.91. The maximum Gasteiger partial charge on any atom is 0.358 e. The molecule has 1 aliphatic heterocycles. The van der Waals surface area contributed by atoms with Crippen LogP contribution in [0.15, 0.2) is 12.4 Å². The normalized spacial score (nSPS) is 19.4. The Morgan fingerprint density at radius 2 is 2.50 bits per heavy atom. The van der Waals surface area contributed by atoms with Gasteiger partial charge in [-0.2, -0.15) is 11.8 Å². The molecular weight excluding hydrogens is 226 g/mol. The van der Waals surface area contributed by atoms with Crippen LogP contribution in [-0.4, -0.2) is 40.6 Å². The second kappa shape index (κ2) is 5.16. The van der Waals surface area contributed by atoms with E-state index in [1.54, 1.807) is 6.20 Å². The van der Waals surface area contributed by atoms with Gasteiger partial charge in [-0.25, -0.2) is 9.78 Å². The van der Waals surface area contributed by atoms with E-state index in [0.29, 0.717) is 11.9 Å². The number of hydrogen-bond acceptors (Lipinski definition) is 6. The second-order valence-corrected chi connectivity index (χ2v) is 4.64. The fourth-order valence-electron chi connectivity index (χ4n) is 1.50. The first-order valence-electron chi connectivity index (χ1n) is 5.04. The van der Waals surface area contributed by atoms with Crippen molar-refractivity contribution in [2.24, 2.45) is 0 Å². The molecule has 86 valence electrons. The van der Waals surface area contributed by atoms with E-state index in [4.69, 9.17) is 0 Å². The van der Waals surface area contributed by atoms with E-state index in [-0.39, 0.29) is 5.69 Å². The van der Waals surface area contributed by atoms with Crippen molar-refractivity contribution in [2.75, 3.05) is 23.9 Å². The SMILES string of the molecule is COC(=O)c1cncc(NC2CCSC2)n1. The summed E-state index contributed by atoms with van der Waals surface area (Å²) in [4.78, 5) is 19.4. The number of methoxy groups -OCH3 is 1. The molecule has 0 radical (unpaired) electrons. The second-order valence-electron chi connectivity index (χ2n) is 3.49. The minimum absolute atomic E-state index is 0.234. The highest BCUT2D eigenvalue weighted by molar-refractivity contribution is 7.99. The van der Waals surface area contributed by atoms with E-state index in [1.165, 1.54) is 19.1 Å². The molecule has 0 aliphatic carbocycles. The van der Waals surface area contributed by atoms with E-state index < -0.39 is 5.97 Å². The molecule has 1 aliphatic rings. The number of nitrogens with zero attached hydrogens (tertiary/aromatic N) is 2. The van der Waals surface area contributed by atoms with Crippen molar-refractivity contribution in [3.05, 3.63) is 18.1 Å². The first kappa shape index (κ1) is 11.2. The molecule has 1 fully saturated rings. The summed E-state index contributed by atoms with van der Waals surface area (Å²) in [6.45, 7) is 0. The lowest BCUT2D eigenvalue weighted by Gasteiger charge is -2.11. The maximum atomic E-state index is 11.2. The summed E-state index contributed by atoms with van der Waals surface area (Å²) < 4.78 is 4.59. The predicted octanol–water partition coefficient (Wildman–Crippen LogP) is 1.18. The van der Waals surface area contributed by atoms with Gasteiger partial charge in [-0.3, -0.25) is 4.98 Å². The van der Waals surface area contributed by atoms with Crippen LogP contribution in [0.1, 0.15) is 16.9 Å². The molecule has 5 nitrogen and oxygen atoms in total. The lowest BCUT2D eigenvalue weighted by molar-refractivity contribution is 0.0593. The van der Waals surface area contributed by atoms with Crippen molar-refractivity contribution >= 4 is 23.5 Å². The first-order chi connectivity index (χ1) is 7.79. The number of aromatic nitrogens is 2. The molecule has 0 spiro atoms. The summed E-state index contributed by atoms with van der Waals surface area (Å²) in [5.41, 5.74) is 0.234. The Hall–Kier alpha value is -1.30. The molecule has 0 bridgehead atoms. The third kappa shape index (κ3) is 2.63. The van der Waals surface area contributed by atoms with Crippen LogP contribution < -0.4 is 5.32 Å². The molecule has 0 aromatic carbocycles. The van der Waals surface area contributed by atoms with Gasteiger partial charge in [0.1, 0.15) is 5.82 Å². The first-order valence-corrected chi connectivity index (χ1v) is 6.19. The fraction of sp³-hybridized carbons (Fsp3) is 0.500. The highest BCUT2D eigenvalue weighted by Gasteiger charge is 2.16. The maximum absolute atomic E-state index is 11.2. The molecule has 0 saturated carbocycles. The summed E-state index contributed by atoms with van der Waals surface area (Å²) in [6, 6.07) is 0.423. The van der Waals surface area contributed by atoms with Crippen molar-refractivity contribution in [2.45, 2.75) is 12.5 Å². The van der Waals surface area contributed by atoms with Gasteiger partial charge in [0.25, 0.3) is 0 Å². The van der Waals surface area contributed by atoms with Crippen LogP contribution in [0, 0.1) is 0 Å². The van der Waals surface area contributed by atoms with Gasteiger partial charge in [-0.1, -0.05) is 0 Å². The van der Waals surface area contributed by atoms with Gasteiger partial charge in [0.15, 0.2) is 5.69 Å². The Labute approximate surface area is 98.0 Å². The Balaban J connectivity index is 2.06. The zero-order valence-electron chi connectivity index (χ0n) is 8.97. The monoisotopic (exact) mass is 239 g/mol. The average molecular weight is 239 g/mol.